The fourth-order valence-corrected chi connectivity index (χ4v) is 3.53. The fraction of sp³-hybridized carbons (Fsp3) is 0.533. The molecule has 0 saturated carbocycles. The van der Waals surface area contributed by atoms with Crippen molar-refractivity contribution in [3.8, 4) is 0 Å². The monoisotopic (exact) mass is 313 g/mol. The van der Waals surface area contributed by atoms with Gasteiger partial charge in [-0.3, -0.25) is 0 Å². The molecular weight excluding hydrogens is 290 g/mol. The van der Waals surface area contributed by atoms with Crippen LogP contribution in [0.3, 0.4) is 0 Å². The Kier molecular flexibility index (Phi) is 7.92. The molecular formula is C15H23NO2S2. The molecule has 0 amide bonds. The lowest BCUT2D eigenvalue weighted by molar-refractivity contribution is 0.0694. The van der Waals surface area contributed by atoms with Gasteiger partial charge in [-0.2, -0.15) is 11.8 Å². The molecule has 3 nitrogen and oxygen atoms in total. The summed E-state index contributed by atoms with van der Waals surface area (Å²) in [6.45, 7) is 6.28. The molecule has 1 aromatic carbocycles. The Bertz CT molecular complexity index is 438. The van der Waals surface area contributed by atoms with Crippen LogP contribution in [0.15, 0.2) is 23.1 Å². The number of benzene rings is 1. The van der Waals surface area contributed by atoms with E-state index in [1.165, 1.54) is 0 Å². The zero-order valence-electron chi connectivity index (χ0n) is 12.3. The lowest BCUT2D eigenvalue weighted by Crippen LogP contribution is -2.18. The smallest absolute Gasteiger partial charge is 0.338 e. The van der Waals surface area contributed by atoms with Crippen LogP contribution >= 0.6 is 23.5 Å². The zero-order valence-corrected chi connectivity index (χ0v) is 13.9. The minimum atomic E-state index is -0.862. The quantitative estimate of drug-likeness (QED) is 0.521. The van der Waals surface area contributed by atoms with E-state index in [0.717, 1.165) is 34.3 Å². The Morgan fingerprint density at radius 3 is 2.70 bits per heavy atom. The highest BCUT2D eigenvalue weighted by molar-refractivity contribution is 7.99. The van der Waals surface area contributed by atoms with Gasteiger partial charge in [0.15, 0.2) is 0 Å². The average Bonchev–Trinajstić information content (AvgIpc) is 2.39. The Hall–Kier alpha value is -0.810. The van der Waals surface area contributed by atoms with Gasteiger partial charge in [0.05, 0.1) is 11.3 Å². The number of hydrogen-bond acceptors (Lipinski definition) is 4. The van der Waals surface area contributed by atoms with Crippen LogP contribution in [0.1, 0.15) is 37.6 Å². The van der Waals surface area contributed by atoms with Crippen LogP contribution in [-0.4, -0.2) is 34.4 Å². The minimum Gasteiger partial charge on any atom is -0.478 e. The molecule has 1 atom stereocenters. The van der Waals surface area contributed by atoms with E-state index < -0.39 is 5.97 Å². The third-order valence-corrected chi connectivity index (χ3v) is 4.71. The Morgan fingerprint density at radius 2 is 2.10 bits per heavy atom. The fourth-order valence-electron chi connectivity index (χ4n) is 1.89. The Labute approximate surface area is 129 Å². The second kappa shape index (κ2) is 9.19. The highest BCUT2D eigenvalue weighted by Crippen LogP contribution is 2.29. The lowest BCUT2D eigenvalue weighted by atomic mass is 10.1. The molecule has 0 heterocycles. The number of hydrogen-bond donors (Lipinski definition) is 2. The molecule has 2 N–H and O–H groups in total. The summed E-state index contributed by atoms with van der Waals surface area (Å²) in [6.07, 6.45) is 1.03. The molecule has 0 radical (unpaired) electrons. The van der Waals surface area contributed by atoms with Gasteiger partial charge in [-0.05, 0) is 42.7 Å². The van der Waals surface area contributed by atoms with Crippen molar-refractivity contribution in [3.63, 3.8) is 0 Å². The van der Waals surface area contributed by atoms with E-state index in [-0.39, 0.29) is 6.04 Å². The van der Waals surface area contributed by atoms with E-state index in [4.69, 9.17) is 0 Å². The van der Waals surface area contributed by atoms with Crippen molar-refractivity contribution in [2.45, 2.75) is 38.1 Å². The van der Waals surface area contributed by atoms with Crippen molar-refractivity contribution >= 4 is 35.2 Å². The van der Waals surface area contributed by atoms with Crippen LogP contribution in [0.2, 0.25) is 0 Å². The highest BCUT2D eigenvalue weighted by Gasteiger charge is 2.16. The summed E-state index contributed by atoms with van der Waals surface area (Å²) in [5.74, 6) is 2.22. The molecule has 0 bridgehead atoms. The number of aromatic carboxylic acids is 1. The zero-order chi connectivity index (χ0) is 15.0. The molecule has 1 unspecified atom stereocenters. The molecule has 0 aliphatic carbocycles. The van der Waals surface area contributed by atoms with Gasteiger partial charge in [0.1, 0.15) is 0 Å². The number of anilines is 1. The molecule has 5 heteroatoms. The normalized spacial score (nSPS) is 12.2. The molecule has 0 fully saturated rings. The van der Waals surface area contributed by atoms with Gasteiger partial charge in [0.25, 0.3) is 0 Å². The lowest BCUT2D eigenvalue weighted by Gasteiger charge is -2.18. The van der Waals surface area contributed by atoms with E-state index in [1.807, 2.05) is 36.9 Å². The maximum atomic E-state index is 11.5. The summed E-state index contributed by atoms with van der Waals surface area (Å²) >= 11 is 3.48. The molecule has 0 aromatic heterocycles. The number of thioether (sulfide) groups is 2. The van der Waals surface area contributed by atoms with Crippen LogP contribution in [0, 0.1) is 0 Å². The summed E-state index contributed by atoms with van der Waals surface area (Å²) in [6, 6.07) is 5.92. The number of carboxylic acids is 1. The van der Waals surface area contributed by atoms with E-state index in [2.05, 4.69) is 19.2 Å². The van der Waals surface area contributed by atoms with E-state index in [9.17, 15) is 9.90 Å². The molecule has 1 aromatic rings. The van der Waals surface area contributed by atoms with Crippen molar-refractivity contribution in [3.05, 3.63) is 23.8 Å². The molecule has 0 aliphatic heterocycles. The molecule has 0 aliphatic rings. The van der Waals surface area contributed by atoms with Gasteiger partial charge in [0.2, 0.25) is 0 Å². The standard InChI is InChI=1S/C15H23NO2S2/c1-4-19-10-9-11(3)16-12-7-6-8-13(20-5-2)14(12)15(17)18/h6-8,11,16H,4-5,9-10H2,1-3H3,(H,17,18). The van der Waals surface area contributed by atoms with Crippen LogP contribution in [-0.2, 0) is 0 Å². The summed E-state index contributed by atoms with van der Waals surface area (Å²) in [5.41, 5.74) is 1.12. The van der Waals surface area contributed by atoms with Gasteiger partial charge in [-0.15, -0.1) is 11.8 Å². The molecule has 20 heavy (non-hydrogen) atoms. The third-order valence-electron chi connectivity index (χ3n) is 2.84. The third kappa shape index (κ3) is 5.29. The predicted octanol–water partition coefficient (Wildman–Crippen LogP) is 4.44. The van der Waals surface area contributed by atoms with Crippen molar-refractivity contribution in [2.75, 3.05) is 22.6 Å². The number of rotatable bonds is 9. The topological polar surface area (TPSA) is 49.3 Å². The van der Waals surface area contributed by atoms with Crippen molar-refractivity contribution in [1.82, 2.24) is 0 Å². The van der Waals surface area contributed by atoms with E-state index in [1.54, 1.807) is 11.8 Å². The molecule has 1 rings (SSSR count). The minimum absolute atomic E-state index is 0.272. The number of carbonyl (C=O) groups is 1. The van der Waals surface area contributed by atoms with E-state index in [0.29, 0.717) is 5.56 Å². The Morgan fingerprint density at radius 1 is 1.35 bits per heavy atom. The first-order valence-electron chi connectivity index (χ1n) is 6.93. The first kappa shape index (κ1) is 17.2. The van der Waals surface area contributed by atoms with Crippen LogP contribution < -0.4 is 5.32 Å². The largest absolute Gasteiger partial charge is 0.478 e. The number of nitrogens with one attached hydrogen (secondary N) is 1. The van der Waals surface area contributed by atoms with Gasteiger partial charge in [-0.25, -0.2) is 4.79 Å². The summed E-state index contributed by atoms with van der Waals surface area (Å²) < 4.78 is 0. The van der Waals surface area contributed by atoms with Crippen LogP contribution in [0.5, 0.6) is 0 Å². The predicted molar refractivity (Wildman–Crippen MR) is 90.5 cm³/mol. The van der Waals surface area contributed by atoms with Crippen molar-refractivity contribution in [2.24, 2.45) is 0 Å². The highest BCUT2D eigenvalue weighted by atomic mass is 32.2. The van der Waals surface area contributed by atoms with Gasteiger partial charge >= 0.3 is 5.97 Å². The molecule has 112 valence electrons. The van der Waals surface area contributed by atoms with Crippen molar-refractivity contribution < 1.29 is 9.90 Å². The van der Waals surface area contributed by atoms with E-state index >= 15 is 0 Å². The average molecular weight is 313 g/mol. The summed E-state index contributed by atoms with van der Waals surface area (Å²) in [4.78, 5) is 12.3. The van der Waals surface area contributed by atoms with Crippen LogP contribution in [0.4, 0.5) is 5.69 Å². The second-order valence-electron chi connectivity index (χ2n) is 4.45. The van der Waals surface area contributed by atoms with Crippen molar-refractivity contribution in [1.29, 1.82) is 0 Å². The molecule has 0 spiro atoms. The van der Waals surface area contributed by atoms with Gasteiger partial charge in [0, 0.05) is 10.9 Å². The first-order chi connectivity index (χ1) is 9.60. The SMILES string of the molecule is CCSCCC(C)Nc1cccc(SCC)c1C(=O)O. The van der Waals surface area contributed by atoms with Gasteiger partial charge < -0.3 is 10.4 Å². The van der Waals surface area contributed by atoms with Crippen LogP contribution in [0.25, 0.3) is 0 Å². The number of carboxylic acid groups (broad SMARTS) is 1. The molecule has 0 saturated heterocycles. The maximum absolute atomic E-state index is 11.5. The van der Waals surface area contributed by atoms with Gasteiger partial charge in [-0.1, -0.05) is 19.9 Å². The first-order valence-corrected chi connectivity index (χ1v) is 9.07. The second-order valence-corrected chi connectivity index (χ2v) is 7.15. The summed E-state index contributed by atoms with van der Waals surface area (Å²) in [5, 5.41) is 12.8. The maximum Gasteiger partial charge on any atom is 0.338 e. The summed E-state index contributed by atoms with van der Waals surface area (Å²) in [7, 11) is 0. The Balaban J connectivity index is 2.83.